The van der Waals surface area contributed by atoms with Crippen LogP contribution in [0.15, 0.2) is 35.2 Å². The summed E-state index contributed by atoms with van der Waals surface area (Å²) in [4.78, 5) is 22.8. The van der Waals surface area contributed by atoms with E-state index in [0.29, 0.717) is 5.56 Å². The maximum absolute atomic E-state index is 11.7. The van der Waals surface area contributed by atoms with Crippen molar-refractivity contribution < 1.29 is 19.1 Å². The lowest BCUT2D eigenvalue weighted by Crippen LogP contribution is -2.33. The summed E-state index contributed by atoms with van der Waals surface area (Å²) in [6.07, 6.45) is 4.26. The van der Waals surface area contributed by atoms with Crippen LogP contribution < -0.4 is 5.32 Å². The quantitative estimate of drug-likeness (QED) is 0.825. The topological polar surface area (TPSA) is 97.4 Å². The fourth-order valence-corrected chi connectivity index (χ4v) is 1.49. The standard InChI is InChI=1S/C11H11N3O4/c1-14-6-7(5-12-14)9(11(16)17)13-10(15)8-3-2-4-18-8/h2-6,9H,1H3,(H,13,15)(H,16,17). The van der Waals surface area contributed by atoms with E-state index in [4.69, 9.17) is 9.52 Å². The van der Waals surface area contributed by atoms with Gasteiger partial charge < -0.3 is 14.8 Å². The van der Waals surface area contributed by atoms with Crippen LogP contribution in [0.1, 0.15) is 22.2 Å². The zero-order valence-electron chi connectivity index (χ0n) is 9.53. The minimum atomic E-state index is -1.16. The van der Waals surface area contributed by atoms with E-state index in [9.17, 15) is 9.59 Å². The van der Waals surface area contributed by atoms with Crippen LogP contribution in [0.5, 0.6) is 0 Å². The van der Waals surface area contributed by atoms with E-state index >= 15 is 0 Å². The molecule has 0 bridgehead atoms. The van der Waals surface area contributed by atoms with E-state index in [1.165, 1.54) is 29.4 Å². The number of carbonyl (C=O) groups excluding carboxylic acids is 1. The Morgan fingerprint density at radius 3 is 2.83 bits per heavy atom. The second-order valence-corrected chi connectivity index (χ2v) is 3.67. The molecule has 94 valence electrons. The lowest BCUT2D eigenvalue weighted by molar-refractivity contribution is -0.139. The number of furan rings is 1. The Morgan fingerprint density at radius 1 is 1.56 bits per heavy atom. The number of aryl methyl sites for hydroxylation is 1. The maximum Gasteiger partial charge on any atom is 0.331 e. The lowest BCUT2D eigenvalue weighted by Gasteiger charge is -2.11. The number of aliphatic carboxylic acids is 1. The number of aromatic nitrogens is 2. The monoisotopic (exact) mass is 249 g/mol. The minimum Gasteiger partial charge on any atom is -0.479 e. The number of hydrogen-bond donors (Lipinski definition) is 2. The Bertz CT molecular complexity index is 559. The summed E-state index contributed by atoms with van der Waals surface area (Å²) in [6.45, 7) is 0. The number of nitrogens with zero attached hydrogens (tertiary/aromatic N) is 2. The lowest BCUT2D eigenvalue weighted by atomic mass is 10.1. The van der Waals surface area contributed by atoms with Crippen molar-refractivity contribution >= 4 is 11.9 Å². The zero-order valence-corrected chi connectivity index (χ0v) is 9.53. The Morgan fingerprint density at radius 2 is 2.33 bits per heavy atom. The van der Waals surface area contributed by atoms with Gasteiger partial charge in [-0.3, -0.25) is 9.48 Å². The Hall–Kier alpha value is -2.57. The molecule has 1 atom stereocenters. The first-order valence-corrected chi connectivity index (χ1v) is 5.13. The van der Waals surface area contributed by atoms with Crippen molar-refractivity contribution in [2.45, 2.75) is 6.04 Å². The summed E-state index contributed by atoms with van der Waals surface area (Å²) in [5.74, 6) is -1.69. The van der Waals surface area contributed by atoms with Crippen LogP contribution in [0.25, 0.3) is 0 Å². The van der Waals surface area contributed by atoms with Crippen molar-refractivity contribution in [3.8, 4) is 0 Å². The molecule has 0 spiro atoms. The summed E-state index contributed by atoms with van der Waals surface area (Å²) in [5.41, 5.74) is 0.393. The molecule has 2 aromatic rings. The van der Waals surface area contributed by atoms with Gasteiger partial charge in [0.15, 0.2) is 11.8 Å². The van der Waals surface area contributed by atoms with Gasteiger partial charge in [0.2, 0.25) is 0 Å². The Balaban J connectivity index is 2.17. The highest BCUT2D eigenvalue weighted by molar-refractivity contribution is 5.94. The summed E-state index contributed by atoms with van der Waals surface area (Å²) in [5, 5.41) is 15.3. The maximum atomic E-state index is 11.7. The number of hydrogen-bond acceptors (Lipinski definition) is 4. The van der Waals surface area contributed by atoms with E-state index in [1.807, 2.05) is 0 Å². The van der Waals surface area contributed by atoms with Crippen LogP contribution >= 0.6 is 0 Å². The highest BCUT2D eigenvalue weighted by Gasteiger charge is 2.24. The minimum absolute atomic E-state index is 0.0603. The van der Waals surface area contributed by atoms with E-state index in [-0.39, 0.29) is 5.76 Å². The van der Waals surface area contributed by atoms with Gasteiger partial charge in [-0.2, -0.15) is 5.10 Å². The number of rotatable bonds is 4. The van der Waals surface area contributed by atoms with Crippen LogP contribution in [0.3, 0.4) is 0 Å². The molecule has 0 saturated heterocycles. The molecule has 0 fully saturated rings. The third-order valence-electron chi connectivity index (χ3n) is 2.33. The third kappa shape index (κ3) is 2.40. The Kier molecular flexibility index (Phi) is 3.13. The normalized spacial score (nSPS) is 12.1. The summed E-state index contributed by atoms with van der Waals surface area (Å²) >= 11 is 0. The van der Waals surface area contributed by atoms with Crippen LogP contribution in [-0.4, -0.2) is 26.8 Å². The molecule has 7 nitrogen and oxygen atoms in total. The largest absolute Gasteiger partial charge is 0.479 e. The third-order valence-corrected chi connectivity index (χ3v) is 2.33. The molecule has 2 heterocycles. The highest BCUT2D eigenvalue weighted by atomic mass is 16.4. The predicted molar refractivity (Wildman–Crippen MR) is 59.8 cm³/mol. The number of nitrogens with one attached hydrogen (secondary N) is 1. The number of carboxylic acid groups (broad SMARTS) is 1. The van der Waals surface area contributed by atoms with Crippen LogP contribution in [0.2, 0.25) is 0 Å². The van der Waals surface area contributed by atoms with Gasteiger partial charge in [0, 0.05) is 18.8 Å². The fraction of sp³-hybridized carbons (Fsp3) is 0.182. The summed E-state index contributed by atoms with van der Waals surface area (Å²) in [6, 6.07) is 1.85. The smallest absolute Gasteiger partial charge is 0.331 e. The fourth-order valence-electron chi connectivity index (χ4n) is 1.49. The molecule has 7 heteroatoms. The molecule has 0 radical (unpaired) electrons. The average Bonchev–Trinajstić information content (AvgIpc) is 2.95. The Labute approximate surface area is 102 Å². The number of carboxylic acids is 1. The molecule has 2 rings (SSSR count). The van der Waals surface area contributed by atoms with Crippen LogP contribution in [0, 0.1) is 0 Å². The van der Waals surface area contributed by atoms with Crippen molar-refractivity contribution in [1.29, 1.82) is 0 Å². The molecule has 2 aromatic heterocycles. The van der Waals surface area contributed by atoms with Crippen molar-refractivity contribution in [1.82, 2.24) is 15.1 Å². The SMILES string of the molecule is Cn1cc(C(NC(=O)c2ccco2)C(=O)O)cn1. The molecule has 0 aliphatic heterocycles. The number of carbonyl (C=O) groups is 2. The number of amides is 1. The van der Waals surface area contributed by atoms with Crippen LogP contribution in [-0.2, 0) is 11.8 Å². The van der Waals surface area contributed by atoms with Crippen molar-refractivity contribution in [3.63, 3.8) is 0 Å². The van der Waals surface area contributed by atoms with Crippen molar-refractivity contribution in [2.24, 2.45) is 7.05 Å². The van der Waals surface area contributed by atoms with Gasteiger partial charge in [0.25, 0.3) is 5.91 Å². The van der Waals surface area contributed by atoms with E-state index < -0.39 is 17.9 Å². The summed E-state index contributed by atoms with van der Waals surface area (Å²) in [7, 11) is 1.66. The van der Waals surface area contributed by atoms with Gasteiger partial charge in [-0.05, 0) is 12.1 Å². The first-order chi connectivity index (χ1) is 8.58. The molecule has 2 N–H and O–H groups in total. The highest BCUT2D eigenvalue weighted by Crippen LogP contribution is 2.13. The van der Waals surface area contributed by atoms with Gasteiger partial charge in [-0.1, -0.05) is 0 Å². The second kappa shape index (κ2) is 4.74. The van der Waals surface area contributed by atoms with Gasteiger partial charge in [0.05, 0.1) is 12.5 Å². The first kappa shape index (κ1) is 11.9. The van der Waals surface area contributed by atoms with E-state index in [0.717, 1.165) is 0 Å². The van der Waals surface area contributed by atoms with E-state index in [1.54, 1.807) is 13.1 Å². The molecule has 0 aromatic carbocycles. The zero-order chi connectivity index (χ0) is 13.1. The van der Waals surface area contributed by atoms with Gasteiger partial charge in [-0.25, -0.2) is 4.79 Å². The molecular formula is C11H11N3O4. The first-order valence-electron chi connectivity index (χ1n) is 5.13. The average molecular weight is 249 g/mol. The molecule has 18 heavy (non-hydrogen) atoms. The van der Waals surface area contributed by atoms with Gasteiger partial charge in [-0.15, -0.1) is 0 Å². The molecular weight excluding hydrogens is 238 g/mol. The molecule has 1 amide bonds. The van der Waals surface area contributed by atoms with Crippen LogP contribution in [0.4, 0.5) is 0 Å². The van der Waals surface area contributed by atoms with Crippen molar-refractivity contribution in [2.75, 3.05) is 0 Å². The molecule has 0 aliphatic carbocycles. The molecule has 0 aliphatic rings. The second-order valence-electron chi connectivity index (χ2n) is 3.67. The molecule has 0 saturated carbocycles. The van der Waals surface area contributed by atoms with Crippen molar-refractivity contribution in [3.05, 3.63) is 42.1 Å². The van der Waals surface area contributed by atoms with Gasteiger partial charge in [0.1, 0.15) is 0 Å². The van der Waals surface area contributed by atoms with Gasteiger partial charge >= 0.3 is 5.97 Å². The van der Waals surface area contributed by atoms with E-state index in [2.05, 4.69) is 10.4 Å². The predicted octanol–water partition coefficient (Wildman–Crippen LogP) is 0.569. The summed E-state index contributed by atoms with van der Waals surface area (Å²) < 4.78 is 6.35. The molecule has 1 unspecified atom stereocenters.